The fraction of sp³-hybridized carbons (Fsp3) is 0.444. The zero-order valence-corrected chi connectivity index (χ0v) is 25.5. The van der Waals surface area contributed by atoms with Gasteiger partial charge in [0, 0.05) is 11.1 Å². The van der Waals surface area contributed by atoms with E-state index < -0.39 is 23.9 Å². The number of aliphatic hydroxyl groups is 6. The van der Waals surface area contributed by atoms with Crippen LogP contribution < -0.4 is 26.6 Å². The summed E-state index contributed by atoms with van der Waals surface area (Å²) >= 11 is 0. The Kier molecular flexibility index (Phi) is 34.7. The summed E-state index contributed by atoms with van der Waals surface area (Å²) in [5, 5.41) is 61.7. The van der Waals surface area contributed by atoms with E-state index in [1.165, 1.54) is 20.8 Å². The fourth-order valence-electron chi connectivity index (χ4n) is 1.43. The normalized spacial score (nSPS) is 10.4. The maximum Gasteiger partial charge on any atom is 0.248 e. The van der Waals surface area contributed by atoms with Crippen LogP contribution in [0.4, 0.5) is 0 Å². The maximum absolute atomic E-state index is 10.7. The van der Waals surface area contributed by atoms with Gasteiger partial charge in [-0.15, -0.1) is 0 Å². The van der Waals surface area contributed by atoms with Crippen LogP contribution in [0.25, 0.3) is 0 Å². The van der Waals surface area contributed by atoms with Crippen molar-refractivity contribution >= 4 is 29.5 Å². The molecule has 0 bridgehead atoms. The molecule has 5 amide bonds. The molecule has 16 heteroatoms. The average Bonchev–Trinajstić information content (AvgIpc) is 2.93. The number of aliphatic hydroxyl groups excluding tert-OH is 6. The maximum atomic E-state index is 10.7. The molecule has 11 N–H and O–H groups in total. The van der Waals surface area contributed by atoms with Crippen molar-refractivity contribution < 1.29 is 54.6 Å². The Morgan fingerprint density at radius 2 is 1.05 bits per heavy atom. The van der Waals surface area contributed by atoms with Crippen molar-refractivity contribution in [1.82, 2.24) is 26.6 Å². The SMILES string of the molecule is C=C(C)C(=O)NC(C)O.C=C(C)C(=O)NCO.C=CC(=O)NC(C)(CO)CO.C=CC(=O)NC(C)O.C=CC(=O)NCO. The summed E-state index contributed by atoms with van der Waals surface area (Å²) < 4.78 is 0. The molecule has 0 aromatic carbocycles. The molecule has 0 radical (unpaired) electrons. The lowest BCUT2D eigenvalue weighted by molar-refractivity contribution is -0.120. The molecule has 16 nitrogen and oxygen atoms in total. The van der Waals surface area contributed by atoms with Gasteiger partial charge < -0.3 is 57.2 Å². The highest BCUT2D eigenvalue weighted by Gasteiger charge is 2.22. The third kappa shape index (κ3) is 40.0. The molecule has 2 unspecified atom stereocenters. The molecule has 43 heavy (non-hydrogen) atoms. The zero-order chi connectivity index (χ0) is 35.2. The van der Waals surface area contributed by atoms with E-state index in [1.54, 1.807) is 13.8 Å². The van der Waals surface area contributed by atoms with Crippen LogP contribution in [-0.4, -0.2) is 105 Å². The lowest BCUT2D eigenvalue weighted by Gasteiger charge is -2.25. The molecule has 248 valence electrons. The molecule has 0 fully saturated rings. The van der Waals surface area contributed by atoms with Gasteiger partial charge in [-0.1, -0.05) is 32.9 Å². The van der Waals surface area contributed by atoms with E-state index in [4.69, 9.17) is 30.6 Å². The molecule has 0 aromatic rings. The first-order valence-electron chi connectivity index (χ1n) is 12.2. The van der Waals surface area contributed by atoms with E-state index in [2.05, 4.69) is 59.5 Å². The van der Waals surface area contributed by atoms with Gasteiger partial charge >= 0.3 is 0 Å². The second-order valence-electron chi connectivity index (χ2n) is 8.24. The molecule has 0 rings (SSSR count). The van der Waals surface area contributed by atoms with Crippen LogP contribution in [0, 0.1) is 0 Å². The Morgan fingerprint density at radius 1 is 0.674 bits per heavy atom. The second kappa shape index (κ2) is 30.8. The number of hydrogen-bond donors (Lipinski definition) is 11. The van der Waals surface area contributed by atoms with Crippen molar-refractivity contribution in [3.8, 4) is 0 Å². The zero-order valence-electron chi connectivity index (χ0n) is 25.5. The Morgan fingerprint density at radius 3 is 1.21 bits per heavy atom. The first kappa shape index (κ1) is 48.5. The van der Waals surface area contributed by atoms with Crippen LogP contribution in [-0.2, 0) is 24.0 Å². The molecule has 0 saturated carbocycles. The fourth-order valence-corrected chi connectivity index (χ4v) is 1.43. The van der Waals surface area contributed by atoms with Gasteiger partial charge in [-0.2, -0.15) is 0 Å². The van der Waals surface area contributed by atoms with Crippen LogP contribution in [0.5, 0.6) is 0 Å². The lowest BCUT2D eigenvalue weighted by atomic mass is 10.1. The molecular formula is C27H49N5O11. The predicted molar refractivity (Wildman–Crippen MR) is 161 cm³/mol. The lowest BCUT2D eigenvalue weighted by Crippen LogP contribution is -2.51. The first-order valence-corrected chi connectivity index (χ1v) is 12.2. The van der Waals surface area contributed by atoms with Crippen molar-refractivity contribution in [2.75, 3.05) is 26.7 Å². The van der Waals surface area contributed by atoms with Crippen LogP contribution in [0.15, 0.2) is 62.3 Å². The Hall–Kier alpha value is -4.19. The molecule has 0 aliphatic carbocycles. The van der Waals surface area contributed by atoms with Crippen LogP contribution in [0.2, 0.25) is 0 Å². The topological polar surface area (TPSA) is 267 Å². The second-order valence-corrected chi connectivity index (χ2v) is 8.24. The summed E-state index contributed by atoms with van der Waals surface area (Å²) in [7, 11) is 0. The van der Waals surface area contributed by atoms with Gasteiger partial charge in [0.2, 0.25) is 29.5 Å². The Balaban J connectivity index is -0.000000141. The van der Waals surface area contributed by atoms with Gasteiger partial charge in [0.25, 0.3) is 0 Å². The van der Waals surface area contributed by atoms with Gasteiger partial charge in [0.05, 0.1) is 18.8 Å². The van der Waals surface area contributed by atoms with Crippen LogP contribution in [0.3, 0.4) is 0 Å². The summed E-state index contributed by atoms with van der Waals surface area (Å²) in [6, 6.07) is 0. The van der Waals surface area contributed by atoms with E-state index in [1.807, 2.05) is 0 Å². The van der Waals surface area contributed by atoms with Crippen molar-refractivity contribution in [3.05, 3.63) is 62.3 Å². The minimum atomic E-state index is -0.953. The largest absolute Gasteiger partial charge is 0.394 e. The molecule has 0 aromatic heterocycles. The van der Waals surface area contributed by atoms with Gasteiger partial charge in [-0.3, -0.25) is 24.0 Å². The third-order valence-electron chi connectivity index (χ3n) is 3.64. The molecule has 2 atom stereocenters. The molecule has 0 heterocycles. The highest BCUT2D eigenvalue weighted by Crippen LogP contribution is 1.99. The summed E-state index contributed by atoms with van der Waals surface area (Å²) in [5.74, 6) is -1.75. The number of hydrogen-bond acceptors (Lipinski definition) is 11. The van der Waals surface area contributed by atoms with Gasteiger partial charge in [-0.05, 0) is 52.8 Å². The van der Waals surface area contributed by atoms with Crippen LogP contribution >= 0.6 is 0 Å². The van der Waals surface area contributed by atoms with Crippen LogP contribution in [0.1, 0.15) is 34.6 Å². The standard InChI is InChI=1S/C7H13NO3.C6H11NO2.2C5H9NO2.C4H7NO2/c1-3-6(11)8-7(2,4-9)5-10;1-4(2)6(9)7-5(3)8;1-4(2)5(8)6-3-7;1-3-5(8)6-4(2)7;1-2-4(7)5-3-6/h3,9-10H,1,4-5H2,2H3,(H,8,11);5,8H,1H2,2-3H3,(H,7,9);7H,1,3H2,2H3,(H,6,8);3-4,7H,1H2,2H3,(H,6,8);2,6H,1,3H2,(H,5,7). The molecule has 0 aliphatic heterocycles. The quantitative estimate of drug-likeness (QED) is 0.0806. The smallest absolute Gasteiger partial charge is 0.248 e. The number of carbonyl (C=O) groups excluding carboxylic acids is 5. The summed E-state index contributed by atoms with van der Waals surface area (Å²) in [4.78, 5) is 51.9. The molecular weight excluding hydrogens is 570 g/mol. The highest BCUT2D eigenvalue weighted by molar-refractivity contribution is 5.92. The number of amides is 5. The van der Waals surface area contributed by atoms with Gasteiger partial charge in [0.15, 0.2) is 0 Å². The first-order chi connectivity index (χ1) is 19.8. The van der Waals surface area contributed by atoms with E-state index in [-0.39, 0.29) is 50.3 Å². The third-order valence-corrected chi connectivity index (χ3v) is 3.64. The summed E-state index contributed by atoms with van der Waals surface area (Å²) in [5.41, 5.74) is -0.152. The van der Waals surface area contributed by atoms with E-state index >= 15 is 0 Å². The number of rotatable bonds is 12. The van der Waals surface area contributed by atoms with Gasteiger partial charge in [-0.25, -0.2) is 0 Å². The van der Waals surface area contributed by atoms with E-state index in [0.29, 0.717) is 11.1 Å². The van der Waals surface area contributed by atoms with E-state index in [9.17, 15) is 24.0 Å². The Bertz CT molecular complexity index is 900. The van der Waals surface area contributed by atoms with Crippen molar-refractivity contribution in [3.63, 3.8) is 0 Å². The molecule has 0 spiro atoms. The monoisotopic (exact) mass is 619 g/mol. The summed E-state index contributed by atoms with van der Waals surface area (Å²) in [6.07, 6.45) is 1.70. The summed E-state index contributed by atoms with van der Waals surface area (Å²) in [6.45, 7) is 22.7. The number of carbonyl (C=O) groups is 5. The molecule has 0 aliphatic rings. The van der Waals surface area contributed by atoms with Gasteiger partial charge in [0.1, 0.15) is 25.9 Å². The minimum absolute atomic E-state index is 0.302. The average molecular weight is 620 g/mol. The molecule has 0 saturated heterocycles. The number of nitrogens with one attached hydrogen (secondary N) is 5. The highest BCUT2D eigenvalue weighted by atomic mass is 16.3. The Labute approximate surface area is 252 Å². The van der Waals surface area contributed by atoms with Crippen molar-refractivity contribution in [2.45, 2.75) is 52.6 Å². The van der Waals surface area contributed by atoms with Crippen molar-refractivity contribution in [2.24, 2.45) is 0 Å². The minimum Gasteiger partial charge on any atom is -0.394 e. The van der Waals surface area contributed by atoms with E-state index in [0.717, 1.165) is 18.2 Å². The van der Waals surface area contributed by atoms with Crippen molar-refractivity contribution in [1.29, 1.82) is 0 Å². The predicted octanol–water partition coefficient (Wildman–Crippen LogP) is -2.46.